The Kier molecular flexibility index (Phi) is 7.46. The number of nitrogens with zero attached hydrogens (tertiary/aromatic N) is 4. The smallest absolute Gasteiger partial charge is 0.164 e. The Bertz CT molecular complexity index is 2750. The lowest BCUT2D eigenvalue weighted by Gasteiger charge is -2.12. The van der Waals surface area contributed by atoms with Crippen molar-refractivity contribution in [3.05, 3.63) is 175 Å². The molecule has 0 radical (unpaired) electrons. The summed E-state index contributed by atoms with van der Waals surface area (Å²) in [6, 6.07) is 59.3. The highest BCUT2D eigenvalue weighted by molar-refractivity contribution is 6.13. The zero-order valence-corrected chi connectivity index (χ0v) is 27.4. The molecule has 0 aliphatic heterocycles. The molecule has 5 heteroatoms. The Morgan fingerprint density at radius 1 is 0.392 bits per heavy atom. The van der Waals surface area contributed by atoms with Gasteiger partial charge in [-0.15, -0.1) is 0 Å². The Morgan fingerprint density at radius 3 is 1.75 bits per heavy atom. The molecule has 2 heterocycles. The predicted octanol–water partition coefficient (Wildman–Crippen LogP) is 11.6. The van der Waals surface area contributed by atoms with Gasteiger partial charge in [0.05, 0.1) is 11.6 Å². The highest BCUT2D eigenvalue weighted by Crippen LogP contribution is 2.39. The third-order valence-corrected chi connectivity index (χ3v) is 9.20. The summed E-state index contributed by atoms with van der Waals surface area (Å²) in [5.74, 6) is 1.69. The van der Waals surface area contributed by atoms with Crippen molar-refractivity contribution >= 4 is 21.9 Å². The molecule has 0 N–H and O–H groups in total. The highest BCUT2D eigenvalue weighted by atomic mass is 16.3. The minimum Gasteiger partial charge on any atom is -0.456 e. The summed E-state index contributed by atoms with van der Waals surface area (Å²) in [5.41, 5.74) is 11.3. The molecule has 2 aromatic heterocycles. The molecule has 0 spiro atoms. The van der Waals surface area contributed by atoms with Crippen LogP contribution >= 0.6 is 0 Å². The molecular weight excluding hydrogens is 625 g/mol. The molecule has 7 aromatic carbocycles. The van der Waals surface area contributed by atoms with Gasteiger partial charge < -0.3 is 4.42 Å². The topological polar surface area (TPSA) is 75.6 Å². The van der Waals surface area contributed by atoms with E-state index in [9.17, 15) is 5.26 Å². The molecule has 0 atom stereocenters. The lowest BCUT2D eigenvalue weighted by molar-refractivity contribution is 0.669. The van der Waals surface area contributed by atoms with Crippen LogP contribution in [0.3, 0.4) is 0 Å². The maximum Gasteiger partial charge on any atom is 0.164 e. The molecule has 5 nitrogen and oxygen atoms in total. The maximum atomic E-state index is 9.35. The summed E-state index contributed by atoms with van der Waals surface area (Å²) in [6.45, 7) is 0. The fourth-order valence-electron chi connectivity index (χ4n) is 6.70. The molecule has 0 saturated heterocycles. The van der Waals surface area contributed by atoms with Crippen LogP contribution in [0, 0.1) is 11.3 Å². The van der Waals surface area contributed by atoms with E-state index in [2.05, 4.69) is 78.9 Å². The van der Waals surface area contributed by atoms with Crippen LogP contribution in [-0.4, -0.2) is 15.0 Å². The maximum absolute atomic E-state index is 9.35. The van der Waals surface area contributed by atoms with E-state index < -0.39 is 0 Å². The van der Waals surface area contributed by atoms with E-state index in [-0.39, 0.29) is 0 Å². The van der Waals surface area contributed by atoms with E-state index in [4.69, 9.17) is 19.4 Å². The number of nitriles is 1. The molecule has 0 aliphatic rings. The van der Waals surface area contributed by atoms with E-state index in [0.717, 1.165) is 60.9 Å². The van der Waals surface area contributed by atoms with Crippen molar-refractivity contribution in [2.75, 3.05) is 0 Å². The molecule has 9 aromatic rings. The van der Waals surface area contributed by atoms with Gasteiger partial charge in [0.15, 0.2) is 17.5 Å². The molecule has 9 rings (SSSR count). The average molecular weight is 653 g/mol. The van der Waals surface area contributed by atoms with E-state index in [0.29, 0.717) is 23.0 Å². The Hall–Kier alpha value is -7.16. The first-order valence-electron chi connectivity index (χ1n) is 16.7. The van der Waals surface area contributed by atoms with Crippen molar-refractivity contribution in [2.24, 2.45) is 0 Å². The molecule has 51 heavy (non-hydrogen) atoms. The number of benzene rings is 7. The van der Waals surface area contributed by atoms with Crippen molar-refractivity contribution < 1.29 is 4.42 Å². The summed E-state index contributed by atoms with van der Waals surface area (Å²) in [4.78, 5) is 15.0. The van der Waals surface area contributed by atoms with Crippen LogP contribution in [0.25, 0.3) is 89.5 Å². The largest absolute Gasteiger partial charge is 0.456 e. The normalized spacial score (nSPS) is 11.1. The first-order valence-corrected chi connectivity index (χ1v) is 16.7. The van der Waals surface area contributed by atoms with Gasteiger partial charge >= 0.3 is 0 Å². The van der Waals surface area contributed by atoms with E-state index >= 15 is 0 Å². The summed E-state index contributed by atoms with van der Waals surface area (Å²) >= 11 is 0. The number of hydrogen-bond donors (Lipinski definition) is 0. The standard InChI is InChI=1S/C46H28N4O/c47-29-30-21-23-32(24-22-30)37-17-7-8-18-39(37)46-49-44(33-13-5-2-6-14-33)48-45(50-46)36-25-26-40-42(28-36)51-41-20-10-19-38(43(40)41)35-16-9-15-34(27-35)31-11-3-1-4-12-31/h1-28H. The molecule has 0 saturated carbocycles. The lowest BCUT2D eigenvalue weighted by atomic mass is 9.96. The second kappa shape index (κ2) is 12.7. The summed E-state index contributed by atoms with van der Waals surface area (Å²) < 4.78 is 6.52. The van der Waals surface area contributed by atoms with Gasteiger partial charge in [-0.3, -0.25) is 0 Å². The second-order valence-electron chi connectivity index (χ2n) is 12.3. The molecule has 0 bridgehead atoms. The summed E-state index contributed by atoms with van der Waals surface area (Å²) in [6.07, 6.45) is 0. The van der Waals surface area contributed by atoms with E-state index in [1.807, 2.05) is 97.1 Å². The molecule has 0 unspecified atom stereocenters. The van der Waals surface area contributed by atoms with Crippen LogP contribution in [-0.2, 0) is 0 Å². The first-order chi connectivity index (χ1) is 25.2. The summed E-state index contributed by atoms with van der Waals surface area (Å²) in [5, 5.41) is 11.4. The quantitative estimate of drug-likeness (QED) is 0.179. The lowest BCUT2D eigenvalue weighted by Crippen LogP contribution is -2.01. The zero-order chi connectivity index (χ0) is 34.1. The number of fused-ring (bicyclic) bond motifs is 3. The van der Waals surface area contributed by atoms with Crippen molar-refractivity contribution in [3.63, 3.8) is 0 Å². The van der Waals surface area contributed by atoms with E-state index in [1.165, 1.54) is 11.1 Å². The Balaban J connectivity index is 1.18. The predicted molar refractivity (Wildman–Crippen MR) is 204 cm³/mol. The number of rotatable bonds is 6. The molecule has 0 amide bonds. The minimum absolute atomic E-state index is 0.548. The van der Waals surface area contributed by atoms with Crippen LogP contribution in [0.15, 0.2) is 174 Å². The molecule has 0 fully saturated rings. The fraction of sp³-hybridized carbons (Fsp3) is 0. The monoisotopic (exact) mass is 652 g/mol. The number of aromatic nitrogens is 3. The van der Waals surface area contributed by atoms with Gasteiger partial charge in [-0.1, -0.05) is 133 Å². The van der Waals surface area contributed by atoms with Crippen LogP contribution in [0.4, 0.5) is 0 Å². The number of hydrogen-bond acceptors (Lipinski definition) is 5. The molecule has 238 valence electrons. The third-order valence-electron chi connectivity index (χ3n) is 9.20. The Morgan fingerprint density at radius 2 is 0.980 bits per heavy atom. The zero-order valence-electron chi connectivity index (χ0n) is 27.4. The van der Waals surface area contributed by atoms with Gasteiger partial charge in [-0.05, 0) is 69.8 Å². The van der Waals surface area contributed by atoms with Gasteiger partial charge in [0.1, 0.15) is 11.2 Å². The van der Waals surface area contributed by atoms with Crippen molar-refractivity contribution in [3.8, 4) is 73.6 Å². The SMILES string of the molecule is N#Cc1ccc(-c2ccccc2-c2nc(-c3ccccc3)nc(-c3ccc4c(c3)oc3cccc(-c5cccc(-c6ccccc6)c5)c34)n2)cc1. The van der Waals surface area contributed by atoms with Crippen LogP contribution in [0.5, 0.6) is 0 Å². The molecule has 0 aliphatic carbocycles. The van der Waals surface area contributed by atoms with Gasteiger partial charge in [-0.25, -0.2) is 15.0 Å². The second-order valence-corrected chi connectivity index (χ2v) is 12.3. The van der Waals surface area contributed by atoms with Crippen LogP contribution in [0.1, 0.15) is 5.56 Å². The first kappa shape index (κ1) is 29.9. The van der Waals surface area contributed by atoms with Gasteiger partial charge in [0.25, 0.3) is 0 Å². The minimum atomic E-state index is 0.548. The fourth-order valence-corrected chi connectivity index (χ4v) is 6.70. The average Bonchev–Trinajstić information content (AvgIpc) is 3.60. The van der Waals surface area contributed by atoms with Gasteiger partial charge in [-0.2, -0.15) is 5.26 Å². The highest BCUT2D eigenvalue weighted by Gasteiger charge is 2.18. The van der Waals surface area contributed by atoms with Crippen molar-refractivity contribution in [2.45, 2.75) is 0 Å². The van der Waals surface area contributed by atoms with Crippen molar-refractivity contribution in [1.29, 1.82) is 5.26 Å². The third kappa shape index (κ3) is 5.61. The van der Waals surface area contributed by atoms with Gasteiger partial charge in [0, 0.05) is 27.5 Å². The van der Waals surface area contributed by atoms with Gasteiger partial charge in [0.2, 0.25) is 0 Å². The van der Waals surface area contributed by atoms with Crippen molar-refractivity contribution in [1.82, 2.24) is 15.0 Å². The molecular formula is C46H28N4O. The van der Waals surface area contributed by atoms with Crippen LogP contribution in [0.2, 0.25) is 0 Å². The Labute approximate surface area is 294 Å². The number of furan rings is 1. The van der Waals surface area contributed by atoms with E-state index in [1.54, 1.807) is 0 Å². The summed E-state index contributed by atoms with van der Waals surface area (Å²) in [7, 11) is 0. The van der Waals surface area contributed by atoms with Crippen LogP contribution < -0.4 is 0 Å².